The number of carbonyl (C=O) groups is 1. The van der Waals surface area contributed by atoms with Crippen LogP contribution >= 0.6 is 0 Å². The highest BCUT2D eigenvalue weighted by Gasteiger charge is 2.05. The molecule has 0 saturated heterocycles. The normalized spacial score (nSPS) is 12.8. The third-order valence-corrected chi connectivity index (χ3v) is 0.894. The molecule has 3 nitrogen and oxygen atoms in total. The zero-order valence-corrected chi connectivity index (χ0v) is 6.01. The fourth-order valence-electron chi connectivity index (χ4n) is 0.483. The zero-order chi connectivity index (χ0) is 7.28. The van der Waals surface area contributed by atoms with Gasteiger partial charge in [-0.1, -0.05) is 6.92 Å². The van der Waals surface area contributed by atoms with Gasteiger partial charge < -0.3 is 9.47 Å². The van der Waals surface area contributed by atoms with Crippen LogP contribution in [0.4, 0.5) is 0 Å². The van der Waals surface area contributed by atoms with Crippen LogP contribution in [0.2, 0.25) is 0 Å². The molecular formula is C6H12O3. The van der Waals surface area contributed by atoms with E-state index in [0.29, 0.717) is 6.42 Å². The summed E-state index contributed by atoms with van der Waals surface area (Å²) < 4.78 is 9.45. The summed E-state index contributed by atoms with van der Waals surface area (Å²) in [6, 6.07) is 0. The second kappa shape index (κ2) is 4.32. The first kappa shape index (κ1) is 8.43. The first-order chi connectivity index (χ1) is 4.20. The van der Waals surface area contributed by atoms with Crippen molar-refractivity contribution in [3.05, 3.63) is 0 Å². The van der Waals surface area contributed by atoms with Gasteiger partial charge >= 0.3 is 5.97 Å². The highest BCUT2D eigenvalue weighted by molar-refractivity contribution is 5.66. The summed E-state index contributed by atoms with van der Waals surface area (Å²) in [6.07, 6.45) is 0.318. The van der Waals surface area contributed by atoms with Gasteiger partial charge in [-0.25, -0.2) is 0 Å². The van der Waals surface area contributed by atoms with Crippen molar-refractivity contribution in [1.82, 2.24) is 0 Å². The van der Waals surface area contributed by atoms with Gasteiger partial charge in [0.2, 0.25) is 6.29 Å². The molecule has 0 aliphatic heterocycles. The van der Waals surface area contributed by atoms with E-state index in [1.807, 2.05) is 6.92 Å². The number of methoxy groups -OCH3 is 1. The van der Waals surface area contributed by atoms with E-state index in [0.717, 1.165) is 0 Å². The first-order valence-corrected chi connectivity index (χ1v) is 2.90. The number of rotatable bonds is 3. The van der Waals surface area contributed by atoms with Gasteiger partial charge in [0, 0.05) is 20.5 Å². The number of esters is 1. The van der Waals surface area contributed by atoms with Crippen LogP contribution in [0.15, 0.2) is 0 Å². The number of hydrogen-bond donors (Lipinski definition) is 0. The molecule has 0 aromatic carbocycles. The van der Waals surface area contributed by atoms with Gasteiger partial charge in [-0.2, -0.15) is 0 Å². The summed E-state index contributed by atoms with van der Waals surface area (Å²) in [6.45, 7) is 3.25. The molecule has 0 radical (unpaired) electrons. The smallest absolute Gasteiger partial charge is 0.304 e. The maximum atomic E-state index is 10.3. The molecule has 0 aliphatic carbocycles. The molecular weight excluding hydrogens is 120 g/mol. The van der Waals surface area contributed by atoms with E-state index in [1.165, 1.54) is 14.0 Å². The highest BCUT2D eigenvalue weighted by atomic mass is 16.7. The van der Waals surface area contributed by atoms with Crippen molar-refractivity contribution in [2.45, 2.75) is 26.6 Å². The fourth-order valence-corrected chi connectivity index (χ4v) is 0.483. The van der Waals surface area contributed by atoms with Crippen LogP contribution in [0.3, 0.4) is 0 Å². The standard InChI is InChI=1S/C6H12O3/c1-4-6(8-3)9-5(2)7/h6H,4H2,1-3H3/t6-/m1/s1. The second-order valence-corrected chi connectivity index (χ2v) is 1.68. The fraction of sp³-hybridized carbons (Fsp3) is 0.833. The van der Waals surface area contributed by atoms with Crippen molar-refractivity contribution < 1.29 is 14.3 Å². The van der Waals surface area contributed by atoms with Crippen LogP contribution in [0, 0.1) is 0 Å². The molecule has 0 unspecified atom stereocenters. The van der Waals surface area contributed by atoms with Crippen LogP contribution in [-0.2, 0) is 14.3 Å². The quantitative estimate of drug-likeness (QED) is 0.423. The summed E-state index contributed by atoms with van der Waals surface area (Å²) in [5.41, 5.74) is 0. The Hall–Kier alpha value is -0.570. The Morgan fingerprint density at radius 3 is 2.33 bits per heavy atom. The van der Waals surface area contributed by atoms with E-state index in [1.54, 1.807) is 0 Å². The molecule has 0 fully saturated rings. The average Bonchev–Trinajstić information content (AvgIpc) is 1.82. The number of hydrogen-bond acceptors (Lipinski definition) is 3. The van der Waals surface area contributed by atoms with Crippen molar-refractivity contribution in [3.63, 3.8) is 0 Å². The lowest BCUT2D eigenvalue weighted by atomic mass is 10.5. The molecule has 0 aliphatic rings. The van der Waals surface area contributed by atoms with E-state index in [2.05, 4.69) is 4.74 Å². The minimum Gasteiger partial charge on any atom is -0.436 e. The van der Waals surface area contributed by atoms with Crippen LogP contribution in [-0.4, -0.2) is 19.4 Å². The van der Waals surface area contributed by atoms with Gasteiger partial charge in [0.15, 0.2) is 0 Å². The Bertz CT molecular complexity index is 86.3. The largest absolute Gasteiger partial charge is 0.436 e. The predicted octanol–water partition coefficient (Wildman–Crippen LogP) is 0.932. The monoisotopic (exact) mass is 132 g/mol. The van der Waals surface area contributed by atoms with Crippen molar-refractivity contribution >= 4 is 5.97 Å². The van der Waals surface area contributed by atoms with Crippen molar-refractivity contribution in [3.8, 4) is 0 Å². The molecule has 0 N–H and O–H groups in total. The molecule has 0 spiro atoms. The lowest BCUT2D eigenvalue weighted by Gasteiger charge is -2.11. The maximum Gasteiger partial charge on any atom is 0.304 e. The zero-order valence-electron chi connectivity index (χ0n) is 6.01. The molecule has 0 amide bonds. The van der Waals surface area contributed by atoms with E-state index in [9.17, 15) is 4.79 Å². The lowest BCUT2D eigenvalue weighted by Crippen LogP contribution is -2.16. The molecule has 54 valence electrons. The third-order valence-electron chi connectivity index (χ3n) is 0.894. The Morgan fingerprint density at radius 1 is 1.67 bits per heavy atom. The van der Waals surface area contributed by atoms with Gasteiger partial charge in [-0.3, -0.25) is 4.79 Å². The summed E-state index contributed by atoms with van der Waals surface area (Å²) in [7, 11) is 1.51. The van der Waals surface area contributed by atoms with Crippen LogP contribution < -0.4 is 0 Å². The van der Waals surface area contributed by atoms with Gasteiger partial charge in [-0.05, 0) is 0 Å². The van der Waals surface area contributed by atoms with Crippen LogP contribution in [0.1, 0.15) is 20.3 Å². The Balaban J connectivity index is 3.43. The molecule has 0 rings (SSSR count). The van der Waals surface area contributed by atoms with Crippen LogP contribution in [0.5, 0.6) is 0 Å². The minimum atomic E-state index is -0.373. The molecule has 0 aromatic heterocycles. The van der Waals surface area contributed by atoms with E-state index in [-0.39, 0.29) is 12.3 Å². The minimum absolute atomic E-state index is 0.302. The van der Waals surface area contributed by atoms with Crippen molar-refractivity contribution in [1.29, 1.82) is 0 Å². The average molecular weight is 132 g/mol. The molecule has 0 heterocycles. The topological polar surface area (TPSA) is 35.5 Å². The molecule has 0 aromatic rings. The molecule has 9 heavy (non-hydrogen) atoms. The predicted molar refractivity (Wildman–Crippen MR) is 32.9 cm³/mol. The summed E-state index contributed by atoms with van der Waals surface area (Å²) >= 11 is 0. The number of carbonyl (C=O) groups excluding carboxylic acids is 1. The number of ether oxygens (including phenoxy) is 2. The molecule has 0 saturated carbocycles. The Kier molecular flexibility index (Phi) is 4.05. The first-order valence-electron chi connectivity index (χ1n) is 2.90. The van der Waals surface area contributed by atoms with Gasteiger partial charge in [0.1, 0.15) is 0 Å². The van der Waals surface area contributed by atoms with Crippen molar-refractivity contribution in [2.24, 2.45) is 0 Å². The Labute approximate surface area is 55.0 Å². The Morgan fingerprint density at radius 2 is 2.22 bits per heavy atom. The van der Waals surface area contributed by atoms with Crippen LogP contribution in [0.25, 0.3) is 0 Å². The second-order valence-electron chi connectivity index (χ2n) is 1.68. The molecule has 0 bridgehead atoms. The van der Waals surface area contributed by atoms with Gasteiger partial charge in [0.05, 0.1) is 0 Å². The maximum absolute atomic E-state index is 10.3. The van der Waals surface area contributed by atoms with Gasteiger partial charge in [-0.15, -0.1) is 0 Å². The molecule has 1 atom stereocenters. The van der Waals surface area contributed by atoms with E-state index >= 15 is 0 Å². The highest BCUT2D eigenvalue weighted by Crippen LogP contribution is 1.97. The van der Waals surface area contributed by atoms with E-state index < -0.39 is 0 Å². The lowest BCUT2D eigenvalue weighted by molar-refractivity contribution is -0.171. The van der Waals surface area contributed by atoms with Crippen molar-refractivity contribution in [2.75, 3.05) is 7.11 Å². The summed E-state index contributed by atoms with van der Waals surface area (Å²) in [4.78, 5) is 10.3. The van der Waals surface area contributed by atoms with Gasteiger partial charge in [0.25, 0.3) is 0 Å². The summed E-state index contributed by atoms with van der Waals surface area (Å²) in [5, 5.41) is 0. The molecule has 3 heteroatoms. The third kappa shape index (κ3) is 3.97. The SMILES string of the molecule is CC[C@H](OC)OC(C)=O. The van der Waals surface area contributed by atoms with E-state index in [4.69, 9.17) is 4.74 Å². The summed E-state index contributed by atoms with van der Waals surface area (Å²) in [5.74, 6) is -0.302.